The fourth-order valence-corrected chi connectivity index (χ4v) is 4.20. The van der Waals surface area contributed by atoms with Crippen molar-refractivity contribution in [3.8, 4) is 0 Å². The smallest absolute Gasteiger partial charge is 0.305 e. The molecule has 0 bridgehead atoms. The summed E-state index contributed by atoms with van der Waals surface area (Å²) in [5, 5.41) is 9.43. The number of hydrogen-bond acceptors (Lipinski definition) is 6. The molecule has 1 unspecified atom stereocenters. The standard InChI is InChI=1S/C17H21N3O5S/c1-10-13-15(18-9-19(2)16(13)23)26-14(10)17(24)20(6-5-12(21)22)8-11-4-3-7-25-11/h9,11H,3-8H2,1-2H3,(H,21,22). The number of nitrogens with zero attached hydrogens (tertiary/aromatic N) is 3. The Labute approximate surface area is 154 Å². The highest BCUT2D eigenvalue weighted by atomic mass is 32.1. The first-order chi connectivity index (χ1) is 12.4. The van der Waals surface area contributed by atoms with E-state index >= 15 is 0 Å². The maximum atomic E-state index is 13.1. The first-order valence-corrected chi connectivity index (χ1v) is 9.27. The summed E-state index contributed by atoms with van der Waals surface area (Å²) in [5.41, 5.74) is 0.398. The fourth-order valence-electron chi connectivity index (χ4n) is 3.10. The summed E-state index contributed by atoms with van der Waals surface area (Å²) in [7, 11) is 1.62. The second-order valence-corrected chi connectivity index (χ2v) is 7.43. The van der Waals surface area contributed by atoms with E-state index in [1.807, 2.05) is 0 Å². The Morgan fingerprint density at radius 1 is 1.50 bits per heavy atom. The topological polar surface area (TPSA) is 102 Å². The van der Waals surface area contributed by atoms with E-state index in [4.69, 9.17) is 9.84 Å². The van der Waals surface area contributed by atoms with Gasteiger partial charge in [-0.2, -0.15) is 0 Å². The number of carboxylic acid groups (broad SMARTS) is 1. The normalized spacial score (nSPS) is 16.9. The Morgan fingerprint density at radius 2 is 2.27 bits per heavy atom. The predicted octanol–water partition coefficient (Wildman–Crippen LogP) is 1.40. The van der Waals surface area contributed by atoms with Crippen molar-refractivity contribution in [2.24, 2.45) is 7.05 Å². The number of carbonyl (C=O) groups is 2. The van der Waals surface area contributed by atoms with Crippen molar-refractivity contribution < 1.29 is 19.4 Å². The van der Waals surface area contributed by atoms with Gasteiger partial charge in [-0.15, -0.1) is 11.3 Å². The molecule has 1 saturated heterocycles. The molecular weight excluding hydrogens is 358 g/mol. The largest absolute Gasteiger partial charge is 0.481 e. The van der Waals surface area contributed by atoms with E-state index in [1.54, 1.807) is 14.0 Å². The van der Waals surface area contributed by atoms with Crippen LogP contribution in [0, 0.1) is 6.92 Å². The number of carboxylic acids is 1. The van der Waals surface area contributed by atoms with Gasteiger partial charge in [0.25, 0.3) is 11.5 Å². The lowest BCUT2D eigenvalue weighted by Gasteiger charge is -2.24. The molecule has 0 saturated carbocycles. The van der Waals surface area contributed by atoms with Gasteiger partial charge < -0.3 is 19.3 Å². The fraction of sp³-hybridized carbons (Fsp3) is 0.529. The van der Waals surface area contributed by atoms with Crippen LogP contribution in [-0.2, 0) is 16.6 Å². The van der Waals surface area contributed by atoms with Crippen LogP contribution in [0.2, 0.25) is 0 Å². The van der Waals surface area contributed by atoms with Gasteiger partial charge in [0, 0.05) is 26.7 Å². The van der Waals surface area contributed by atoms with E-state index < -0.39 is 5.97 Å². The van der Waals surface area contributed by atoms with Crippen LogP contribution in [0.1, 0.15) is 34.5 Å². The molecule has 1 aliphatic heterocycles. The van der Waals surface area contributed by atoms with Gasteiger partial charge in [-0.1, -0.05) is 0 Å². The first-order valence-electron chi connectivity index (χ1n) is 8.46. The molecule has 0 aromatic carbocycles. The summed E-state index contributed by atoms with van der Waals surface area (Å²) in [4.78, 5) is 43.1. The molecule has 0 spiro atoms. The molecule has 3 heterocycles. The van der Waals surface area contributed by atoms with Crippen LogP contribution < -0.4 is 5.56 Å². The van der Waals surface area contributed by atoms with E-state index in [9.17, 15) is 14.4 Å². The summed E-state index contributed by atoms with van der Waals surface area (Å²) in [5.74, 6) is -1.23. The minimum atomic E-state index is -0.960. The summed E-state index contributed by atoms with van der Waals surface area (Å²) in [6.07, 6.45) is 3.01. The van der Waals surface area contributed by atoms with Gasteiger partial charge in [-0.25, -0.2) is 4.98 Å². The van der Waals surface area contributed by atoms with Crippen LogP contribution in [0.5, 0.6) is 0 Å². The number of amides is 1. The number of ether oxygens (including phenoxy) is 1. The summed E-state index contributed by atoms with van der Waals surface area (Å²) in [6.45, 7) is 2.85. The minimum Gasteiger partial charge on any atom is -0.481 e. The highest BCUT2D eigenvalue weighted by Gasteiger charge is 2.27. The van der Waals surface area contributed by atoms with Gasteiger partial charge in [0.05, 0.1) is 29.1 Å². The first kappa shape index (κ1) is 18.5. The molecule has 26 heavy (non-hydrogen) atoms. The van der Waals surface area contributed by atoms with Gasteiger partial charge >= 0.3 is 5.97 Å². The molecule has 140 valence electrons. The Kier molecular flexibility index (Phi) is 5.38. The molecule has 8 nitrogen and oxygen atoms in total. The van der Waals surface area contributed by atoms with Gasteiger partial charge in [-0.3, -0.25) is 14.4 Å². The second-order valence-electron chi connectivity index (χ2n) is 6.43. The van der Waals surface area contributed by atoms with Crippen LogP contribution in [0.3, 0.4) is 0 Å². The predicted molar refractivity (Wildman–Crippen MR) is 96.7 cm³/mol. The zero-order chi connectivity index (χ0) is 18.8. The number of aromatic nitrogens is 2. The Balaban J connectivity index is 1.93. The number of fused-ring (bicyclic) bond motifs is 1. The third-order valence-corrected chi connectivity index (χ3v) is 5.72. The lowest BCUT2D eigenvalue weighted by molar-refractivity contribution is -0.137. The summed E-state index contributed by atoms with van der Waals surface area (Å²) in [6, 6.07) is 0. The molecule has 0 aliphatic carbocycles. The van der Waals surface area contributed by atoms with Crippen molar-refractivity contribution in [1.82, 2.24) is 14.5 Å². The molecule has 3 rings (SSSR count). The lowest BCUT2D eigenvalue weighted by atomic mass is 10.1. The zero-order valence-corrected chi connectivity index (χ0v) is 15.5. The van der Waals surface area contributed by atoms with Gasteiger partial charge in [0.1, 0.15) is 4.83 Å². The second kappa shape index (κ2) is 7.55. The monoisotopic (exact) mass is 379 g/mol. The van der Waals surface area contributed by atoms with Crippen LogP contribution in [0.15, 0.2) is 11.1 Å². The third kappa shape index (κ3) is 3.63. The maximum absolute atomic E-state index is 13.1. The lowest BCUT2D eigenvalue weighted by Crippen LogP contribution is -2.38. The Morgan fingerprint density at radius 3 is 2.92 bits per heavy atom. The molecule has 1 fully saturated rings. The van der Waals surface area contributed by atoms with Crippen LogP contribution in [-0.4, -0.2) is 57.2 Å². The number of aryl methyl sites for hydroxylation is 2. The highest BCUT2D eigenvalue weighted by molar-refractivity contribution is 7.20. The molecule has 1 N–H and O–H groups in total. The Bertz CT molecular complexity index is 898. The highest BCUT2D eigenvalue weighted by Crippen LogP contribution is 2.28. The molecule has 1 aliphatic rings. The molecule has 1 atom stereocenters. The summed E-state index contributed by atoms with van der Waals surface area (Å²) < 4.78 is 6.98. The third-order valence-electron chi connectivity index (χ3n) is 4.54. The van der Waals surface area contributed by atoms with Crippen molar-refractivity contribution >= 4 is 33.4 Å². The number of carbonyl (C=O) groups excluding carboxylic acids is 1. The van der Waals surface area contributed by atoms with Gasteiger partial charge in [-0.05, 0) is 25.3 Å². The van der Waals surface area contributed by atoms with Crippen LogP contribution in [0.25, 0.3) is 10.2 Å². The zero-order valence-electron chi connectivity index (χ0n) is 14.7. The maximum Gasteiger partial charge on any atom is 0.305 e. The quantitative estimate of drug-likeness (QED) is 0.814. The number of thiophene rings is 1. The summed E-state index contributed by atoms with van der Waals surface area (Å²) >= 11 is 1.17. The van der Waals surface area contributed by atoms with Crippen molar-refractivity contribution in [3.63, 3.8) is 0 Å². The van der Waals surface area contributed by atoms with Crippen molar-refractivity contribution in [2.45, 2.75) is 32.3 Å². The minimum absolute atomic E-state index is 0.0755. The van der Waals surface area contributed by atoms with E-state index in [1.165, 1.54) is 27.1 Å². The molecule has 2 aromatic heterocycles. The van der Waals surface area contributed by atoms with Crippen molar-refractivity contribution in [1.29, 1.82) is 0 Å². The molecule has 2 aromatic rings. The molecular formula is C17H21N3O5S. The van der Waals surface area contributed by atoms with E-state index in [-0.39, 0.29) is 30.5 Å². The van der Waals surface area contributed by atoms with Crippen LogP contribution >= 0.6 is 11.3 Å². The van der Waals surface area contributed by atoms with Gasteiger partial charge in [0.2, 0.25) is 0 Å². The van der Waals surface area contributed by atoms with Crippen molar-refractivity contribution in [3.05, 3.63) is 27.1 Å². The van der Waals surface area contributed by atoms with E-state index in [0.29, 0.717) is 33.8 Å². The Hall–Kier alpha value is -2.26. The van der Waals surface area contributed by atoms with Gasteiger partial charge in [0.15, 0.2) is 0 Å². The average Bonchev–Trinajstić information content (AvgIpc) is 3.22. The molecule has 0 radical (unpaired) electrons. The SMILES string of the molecule is Cc1c(C(=O)N(CCC(=O)O)CC2CCCO2)sc2ncn(C)c(=O)c12. The van der Waals surface area contributed by atoms with Crippen LogP contribution in [0.4, 0.5) is 0 Å². The molecule has 1 amide bonds. The van der Waals surface area contributed by atoms with Crippen molar-refractivity contribution in [2.75, 3.05) is 19.7 Å². The number of rotatable bonds is 6. The van der Waals surface area contributed by atoms with E-state index in [2.05, 4.69) is 4.98 Å². The van der Waals surface area contributed by atoms with E-state index in [0.717, 1.165) is 12.8 Å². The molecule has 9 heteroatoms. The number of hydrogen-bond donors (Lipinski definition) is 1. The average molecular weight is 379 g/mol. The number of aliphatic carboxylic acids is 1.